The molecule has 0 unspecified atom stereocenters. The van der Waals surface area contributed by atoms with E-state index in [0.717, 1.165) is 27.8 Å². The van der Waals surface area contributed by atoms with Crippen LogP contribution in [0.5, 0.6) is 5.75 Å². The number of phenols is 1. The summed E-state index contributed by atoms with van der Waals surface area (Å²) in [5.74, 6) is 0.340. The fourth-order valence-corrected chi connectivity index (χ4v) is 4.96. The molecule has 176 valence electrons. The number of rotatable bonds is 5. The van der Waals surface area contributed by atoms with Gasteiger partial charge in [-0.15, -0.1) is 0 Å². The van der Waals surface area contributed by atoms with Gasteiger partial charge in [-0.3, -0.25) is 4.72 Å². The minimum absolute atomic E-state index is 0.230. The number of phenolic OH excluding ortho intramolecular Hbond substituents is 1. The Bertz CT molecular complexity index is 1210. The van der Waals surface area contributed by atoms with Crippen LogP contribution < -0.4 is 4.72 Å². The molecule has 0 atom stereocenters. The number of hydrogen-bond donors (Lipinski definition) is 2. The van der Waals surface area contributed by atoms with Crippen molar-refractivity contribution in [2.24, 2.45) is 0 Å². The van der Waals surface area contributed by atoms with Crippen molar-refractivity contribution in [1.82, 2.24) is 0 Å². The lowest BCUT2D eigenvalue weighted by Crippen LogP contribution is -2.18. The van der Waals surface area contributed by atoms with Gasteiger partial charge in [-0.2, -0.15) is 0 Å². The van der Waals surface area contributed by atoms with Crippen LogP contribution in [0.2, 0.25) is 0 Å². The van der Waals surface area contributed by atoms with Gasteiger partial charge in [0.05, 0.1) is 10.6 Å². The molecule has 0 radical (unpaired) electrons. The smallest absolute Gasteiger partial charge is 0.261 e. The van der Waals surface area contributed by atoms with Gasteiger partial charge in [0.15, 0.2) is 0 Å². The molecule has 0 saturated heterocycles. The van der Waals surface area contributed by atoms with Gasteiger partial charge in [-0.1, -0.05) is 89.6 Å². The molecule has 0 bridgehead atoms. The fraction of sp³-hybridized carbons (Fsp3) is 0.357. The third-order valence-electron chi connectivity index (χ3n) is 5.77. The summed E-state index contributed by atoms with van der Waals surface area (Å²) < 4.78 is 28.7. The van der Waals surface area contributed by atoms with Crippen LogP contribution in [-0.4, -0.2) is 13.5 Å². The molecule has 33 heavy (non-hydrogen) atoms. The van der Waals surface area contributed by atoms with Gasteiger partial charge in [0.25, 0.3) is 10.0 Å². The molecule has 0 aromatic heterocycles. The highest BCUT2D eigenvalue weighted by atomic mass is 32.2. The van der Waals surface area contributed by atoms with Crippen molar-refractivity contribution in [3.8, 4) is 5.75 Å². The molecule has 0 fully saturated rings. The Morgan fingerprint density at radius 2 is 1.33 bits per heavy atom. The maximum atomic E-state index is 13.0. The molecule has 0 aliphatic carbocycles. The quantitative estimate of drug-likeness (QED) is 0.441. The van der Waals surface area contributed by atoms with Crippen molar-refractivity contribution in [3.63, 3.8) is 0 Å². The van der Waals surface area contributed by atoms with Crippen molar-refractivity contribution >= 4 is 15.7 Å². The van der Waals surface area contributed by atoms with Gasteiger partial charge in [-0.05, 0) is 64.6 Å². The monoisotopic (exact) mass is 465 g/mol. The predicted molar refractivity (Wildman–Crippen MR) is 137 cm³/mol. The van der Waals surface area contributed by atoms with Crippen LogP contribution in [0.4, 0.5) is 5.69 Å². The molecule has 3 rings (SSSR count). The van der Waals surface area contributed by atoms with Gasteiger partial charge < -0.3 is 5.11 Å². The summed E-state index contributed by atoms with van der Waals surface area (Å²) in [6.07, 6.45) is 0.541. The lowest BCUT2D eigenvalue weighted by molar-refractivity contribution is 0.423. The minimum atomic E-state index is -3.70. The summed E-state index contributed by atoms with van der Waals surface area (Å²) in [5.41, 5.74) is 4.79. The van der Waals surface area contributed by atoms with E-state index >= 15 is 0 Å². The zero-order chi connectivity index (χ0) is 24.6. The zero-order valence-electron chi connectivity index (χ0n) is 20.7. The van der Waals surface area contributed by atoms with Crippen LogP contribution in [0.3, 0.4) is 0 Å². The van der Waals surface area contributed by atoms with Crippen molar-refractivity contribution in [1.29, 1.82) is 0 Å². The molecule has 0 aliphatic heterocycles. The molecule has 0 heterocycles. The van der Waals surface area contributed by atoms with E-state index in [1.165, 1.54) is 0 Å². The molecule has 0 spiro atoms. The largest absolute Gasteiger partial charge is 0.507 e. The number of aryl methyl sites for hydroxylation is 1. The van der Waals surface area contributed by atoms with Crippen LogP contribution in [0.15, 0.2) is 65.6 Å². The highest BCUT2D eigenvalue weighted by molar-refractivity contribution is 7.92. The van der Waals surface area contributed by atoms with Gasteiger partial charge in [0.2, 0.25) is 0 Å². The molecule has 3 aromatic rings. The third kappa shape index (κ3) is 5.77. The number of hydrogen-bond acceptors (Lipinski definition) is 3. The number of aromatic hydroxyl groups is 1. The van der Waals surface area contributed by atoms with Crippen molar-refractivity contribution in [3.05, 3.63) is 88.5 Å². The topological polar surface area (TPSA) is 66.4 Å². The summed E-state index contributed by atoms with van der Waals surface area (Å²) in [6, 6.07) is 18.4. The second kappa shape index (κ2) is 8.86. The Hall–Kier alpha value is -2.79. The van der Waals surface area contributed by atoms with E-state index in [9.17, 15) is 13.5 Å². The number of anilines is 1. The summed E-state index contributed by atoms with van der Waals surface area (Å²) in [4.78, 5) is 0.234. The van der Waals surface area contributed by atoms with Crippen molar-refractivity contribution in [2.45, 2.75) is 70.6 Å². The van der Waals surface area contributed by atoms with Crippen LogP contribution in [0, 0.1) is 6.92 Å². The van der Waals surface area contributed by atoms with Crippen molar-refractivity contribution in [2.75, 3.05) is 4.72 Å². The van der Waals surface area contributed by atoms with Crippen LogP contribution in [0.25, 0.3) is 0 Å². The van der Waals surface area contributed by atoms with Crippen LogP contribution in [0.1, 0.15) is 69.4 Å². The highest BCUT2D eigenvalue weighted by Crippen LogP contribution is 2.40. The molecule has 0 saturated carbocycles. The molecule has 3 aromatic carbocycles. The van der Waals surface area contributed by atoms with Gasteiger partial charge in [0.1, 0.15) is 5.75 Å². The Balaban J connectivity index is 2.03. The lowest BCUT2D eigenvalue weighted by atomic mass is 9.78. The van der Waals surface area contributed by atoms with Gasteiger partial charge in [-0.25, -0.2) is 8.42 Å². The number of para-hydroxylation sites is 1. The average Bonchev–Trinajstić information content (AvgIpc) is 2.69. The van der Waals surface area contributed by atoms with Crippen molar-refractivity contribution < 1.29 is 13.5 Å². The van der Waals surface area contributed by atoms with E-state index in [2.05, 4.69) is 46.3 Å². The number of nitrogens with one attached hydrogen (secondary N) is 1. The van der Waals surface area contributed by atoms with E-state index in [-0.39, 0.29) is 15.7 Å². The first-order chi connectivity index (χ1) is 15.2. The lowest BCUT2D eigenvalue weighted by Gasteiger charge is -2.28. The minimum Gasteiger partial charge on any atom is -0.507 e. The van der Waals surface area contributed by atoms with Gasteiger partial charge >= 0.3 is 0 Å². The summed E-state index contributed by atoms with van der Waals surface area (Å²) in [6.45, 7) is 14.4. The Morgan fingerprint density at radius 1 is 0.818 bits per heavy atom. The van der Waals surface area contributed by atoms with E-state index in [1.54, 1.807) is 30.3 Å². The SMILES string of the molecule is Cc1ccc(S(=O)(=O)Nc2ccccc2Cc2cc(C(C)(C)C)c(O)c(C(C)(C)C)c2)cc1. The summed E-state index contributed by atoms with van der Waals surface area (Å²) >= 11 is 0. The molecule has 0 amide bonds. The van der Waals surface area contributed by atoms with E-state index < -0.39 is 10.0 Å². The second-order valence-corrected chi connectivity index (χ2v) is 12.5. The highest BCUT2D eigenvalue weighted by Gasteiger charge is 2.27. The standard InChI is InChI=1S/C28H35NO3S/c1-19-12-14-22(15-13-19)33(31,32)29-25-11-9-8-10-21(25)16-20-17-23(27(2,3)4)26(30)24(18-20)28(5,6)7/h8-15,17-18,29-30H,16H2,1-7H3. The van der Waals surface area contributed by atoms with E-state index in [0.29, 0.717) is 17.9 Å². The Labute approximate surface area is 198 Å². The first-order valence-electron chi connectivity index (χ1n) is 11.2. The molecular formula is C28H35NO3S. The van der Waals surface area contributed by atoms with Crippen LogP contribution in [-0.2, 0) is 27.3 Å². The molecule has 4 nitrogen and oxygen atoms in total. The second-order valence-electron chi connectivity index (χ2n) is 10.8. The third-order valence-corrected chi connectivity index (χ3v) is 7.15. The average molecular weight is 466 g/mol. The summed E-state index contributed by atoms with van der Waals surface area (Å²) in [7, 11) is -3.70. The maximum Gasteiger partial charge on any atom is 0.261 e. The Morgan fingerprint density at radius 3 is 1.85 bits per heavy atom. The normalized spacial score (nSPS) is 12.6. The van der Waals surface area contributed by atoms with Gasteiger partial charge in [0, 0.05) is 0 Å². The molecule has 2 N–H and O–H groups in total. The summed E-state index contributed by atoms with van der Waals surface area (Å²) in [5, 5.41) is 11.0. The first-order valence-corrected chi connectivity index (χ1v) is 12.7. The Kier molecular flexibility index (Phi) is 6.67. The van der Waals surface area contributed by atoms with Crippen LogP contribution >= 0.6 is 0 Å². The number of benzene rings is 3. The number of sulfonamides is 1. The molecular weight excluding hydrogens is 430 g/mol. The zero-order valence-corrected chi connectivity index (χ0v) is 21.5. The van der Waals surface area contributed by atoms with E-state index in [1.807, 2.05) is 37.3 Å². The fourth-order valence-electron chi connectivity index (χ4n) is 3.85. The molecule has 5 heteroatoms. The maximum absolute atomic E-state index is 13.0. The first kappa shape index (κ1) is 24.8. The van der Waals surface area contributed by atoms with E-state index in [4.69, 9.17) is 0 Å². The molecule has 0 aliphatic rings. The predicted octanol–water partition coefficient (Wildman–Crippen LogP) is 6.69.